The van der Waals surface area contributed by atoms with Crippen molar-refractivity contribution in [1.29, 1.82) is 0 Å². The van der Waals surface area contributed by atoms with Gasteiger partial charge in [-0.1, -0.05) is 47.7 Å². The highest BCUT2D eigenvalue weighted by Crippen LogP contribution is 2.36. The zero-order chi connectivity index (χ0) is 26.9. The Hall–Kier alpha value is -3.73. The molecule has 2 aliphatic heterocycles. The van der Waals surface area contributed by atoms with Gasteiger partial charge in [0.25, 0.3) is 5.56 Å². The van der Waals surface area contributed by atoms with Crippen molar-refractivity contribution < 1.29 is 13.9 Å². The van der Waals surface area contributed by atoms with Crippen LogP contribution in [0.3, 0.4) is 0 Å². The quantitative estimate of drug-likeness (QED) is 0.337. The first kappa shape index (κ1) is 25.5. The molecule has 5 heterocycles. The maximum atomic E-state index is 13.9. The van der Waals surface area contributed by atoms with Gasteiger partial charge in [-0.3, -0.25) is 9.36 Å². The van der Waals surface area contributed by atoms with E-state index in [4.69, 9.17) is 14.1 Å². The molecule has 1 saturated heterocycles. The number of anilines is 1. The van der Waals surface area contributed by atoms with Crippen LogP contribution in [0.1, 0.15) is 29.2 Å². The molecular weight excluding hydrogens is 532 g/mol. The normalized spacial score (nSPS) is 18.3. The van der Waals surface area contributed by atoms with Crippen LogP contribution in [0.4, 0.5) is 5.88 Å². The lowest BCUT2D eigenvalue weighted by Crippen LogP contribution is -2.44. The highest BCUT2D eigenvalue weighted by molar-refractivity contribution is 7.10. The van der Waals surface area contributed by atoms with E-state index < -0.39 is 12.0 Å². The second-order valence-electron chi connectivity index (χ2n) is 9.41. The summed E-state index contributed by atoms with van der Waals surface area (Å²) in [7, 11) is 2.12. The second kappa shape index (κ2) is 10.8. The Morgan fingerprint density at radius 3 is 2.62 bits per heavy atom. The molecule has 0 saturated carbocycles. The van der Waals surface area contributed by atoms with Crippen molar-refractivity contribution in [2.45, 2.75) is 13.0 Å². The molecule has 8 nitrogen and oxygen atoms in total. The van der Waals surface area contributed by atoms with Crippen LogP contribution in [-0.4, -0.2) is 55.3 Å². The number of hydrogen-bond acceptors (Lipinski definition) is 9. The van der Waals surface area contributed by atoms with Gasteiger partial charge in [-0.25, -0.2) is 9.79 Å². The Labute approximate surface area is 233 Å². The Balaban J connectivity index is 1.49. The molecular formula is C29H28N4O4S2. The predicted molar refractivity (Wildman–Crippen MR) is 154 cm³/mol. The van der Waals surface area contributed by atoms with Crippen LogP contribution in [0.2, 0.25) is 0 Å². The summed E-state index contributed by atoms with van der Waals surface area (Å²) in [6.45, 7) is 5.74. The first-order chi connectivity index (χ1) is 19.0. The summed E-state index contributed by atoms with van der Waals surface area (Å²) in [4.78, 5) is 38.1. The van der Waals surface area contributed by atoms with Gasteiger partial charge in [0.15, 0.2) is 10.7 Å². The van der Waals surface area contributed by atoms with E-state index in [0.29, 0.717) is 26.4 Å². The van der Waals surface area contributed by atoms with Crippen molar-refractivity contribution >= 4 is 46.3 Å². The Bertz CT molecular complexity index is 1690. The van der Waals surface area contributed by atoms with Crippen LogP contribution in [0.5, 0.6) is 0 Å². The van der Waals surface area contributed by atoms with Crippen molar-refractivity contribution in [3.63, 3.8) is 0 Å². The summed E-state index contributed by atoms with van der Waals surface area (Å²) in [6, 6.07) is 16.6. The summed E-state index contributed by atoms with van der Waals surface area (Å²) in [5.41, 5.74) is 1.46. The molecule has 200 valence electrons. The lowest BCUT2D eigenvalue weighted by Gasteiger charge is -2.32. The Morgan fingerprint density at radius 1 is 1.10 bits per heavy atom. The number of nitrogens with zero attached hydrogens (tertiary/aromatic N) is 4. The molecule has 1 fully saturated rings. The minimum absolute atomic E-state index is 0.219. The summed E-state index contributed by atoms with van der Waals surface area (Å²) >= 11 is 2.79. The number of carbonyl (C=O) groups is 1. The maximum absolute atomic E-state index is 13.9. The van der Waals surface area contributed by atoms with Gasteiger partial charge in [-0.2, -0.15) is 0 Å². The number of fused-ring (bicyclic) bond motifs is 1. The van der Waals surface area contributed by atoms with Crippen molar-refractivity contribution in [2.75, 3.05) is 44.7 Å². The van der Waals surface area contributed by atoms with E-state index in [1.165, 1.54) is 22.7 Å². The summed E-state index contributed by atoms with van der Waals surface area (Å²) in [6.07, 6.45) is 1.77. The number of thiazole rings is 1. The lowest BCUT2D eigenvalue weighted by molar-refractivity contribution is -0.138. The zero-order valence-electron chi connectivity index (χ0n) is 21.7. The monoisotopic (exact) mass is 560 g/mol. The van der Waals surface area contributed by atoms with Gasteiger partial charge in [0.2, 0.25) is 0 Å². The topological polar surface area (TPSA) is 80.3 Å². The lowest BCUT2D eigenvalue weighted by atomic mass is 9.97. The molecule has 1 aromatic carbocycles. The number of hydrogen-bond donors (Lipinski definition) is 0. The Morgan fingerprint density at radius 2 is 1.90 bits per heavy atom. The van der Waals surface area contributed by atoms with Crippen LogP contribution >= 0.6 is 22.7 Å². The summed E-state index contributed by atoms with van der Waals surface area (Å²) in [5.74, 6) is 0.931. The molecule has 10 heteroatoms. The van der Waals surface area contributed by atoms with E-state index in [2.05, 4.69) is 16.8 Å². The average molecular weight is 561 g/mol. The van der Waals surface area contributed by atoms with Crippen molar-refractivity contribution in [3.8, 4) is 0 Å². The fourth-order valence-electron chi connectivity index (χ4n) is 4.90. The number of aromatic nitrogens is 1. The second-order valence-corrected chi connectivity index (χ2v) is 11.4. The molecule has 1 atom stereocenters. The van der Waals surface area contributed by atoms with Crippen molar-refractivity contribution in [3.05, 3.63) is 101 Å². The van der Waals surface area contributed by atoms with Crippen LogP contribution in [0, 0.1) is 0 Å². The summed E-state index contributed by atoms with van der Waals surface area (Å²) < 4.78 is 13.7. The third kappa shape index (κ3) is 4.91. The molecule has 0 bridgehead atoms. The largest absolute Gasteiger partial charge is 0.463 e. The number of likely N-dealkylation sites (N-methyl/N-ethyl adjacent to an activating group) is 1. The molecule has 39 heavy (non-hydrogen) atoms. The van der Waals surface area contributed by atoms with Crippen LogP contribution in [0.15, 0.2) is 79.8 Å². The first-order valence-electron chi connectivity index (χ1n) is 12.9. The SMILES string of the molecule is CCOC(=O)C1=C(c2ccccc2)N=c2s/c(=C/c3ccc(N4CCN(C)CC4)o3)c(=O)n2[C@H]1c1cccs1. The third-order valence-corrected chi connectivity index (χ3v) is 8.79. The van der Waals surface area contributed by atoms with E-state index in [9.17, 15) is 9.59 Å². The molecule has 0 spiro atoms. The molecule has 6 rings (SSSR count). The fraction of sp³-hybridized carbons (Fsp3) is 0.276. The smallest absolute Gasteiger partial charge is 0.338 e. The molecule has 2 aliphatic rings. The van der Waals surface area contributed by atoms with Crippen LogP contribution < -0.4 is 19.8 Å². The minimum Gasteiger partial charge on any atom is -0.463 e. The number of rotatable bonds is 6. The van der Waals surface area contributed by atoms with Crippen molar-refractivity contribution in [2.24, 2.45) is 4.99 Å². The van der Waals surface area contributed by atoms with E-state index in [0.717, 1.165) is 42.5 Å². The number of piperazine rings is 1. The van der Waals surface area contributed by atoms with Gasteiger partial charge in [0.1, 0.15) is 11.8 Å². The molecule has 0 amide bonds. The number of esters is 1. The highest BCUT2D eigenvalue weighted by Gasteiger charge is 2.35. The van der Waals surface area contributed by atoms with Crippen LogP contribution in [0.25, 0.3) is 11.8 Å². The third-order valence-electron chi connectivity index (χ3n) is 6.89. The molecule has 0 unspecified atom stereocenters. The van der Waals surface area contributed by atoms with Gasteiger partial charge in [0, 0.05) is 48.8 Å². The van der Waals surface area contributed by atoms with Gasteiger partial charge < -0.3 is 19.0 Å². The molecule has 4 aromatic rings. The average Bonchev–Trinajstić information content (AvgIpc) is 3.71. The van der Waals surface area contributed by atoms with E-state index >= 15 is 0 Å². The zero-order valence-corrected chi connectivity index (χ0v) is 23.3. The standard InChI is InChI=1S/C29H28N4O4S2/c1-3-36-28(35)24-25(19-8-5-4-6-9-19)30-29-33(26(24)21-10-7-17-38-21)27(34)22(39-29)18-20-11-12-23(37-20)32-15-13-31(2)14-16-32/h4-12,17-18,26H,3,13-16H2,1-2H3/b22-18+/t26-/m0/s1. The van der Waals surface area contributed by atoms with Gasteiger partial charge >= 0.3 is 5.97 Å². The number of furan rings is 1. The van der Waals surface area contributed by atoms with Gasteiger partial charge in [-0.05, 0) is 31.5 Å². The fourth-order valence-corrected chi connectivity index (χ4v) is 6.71. The first-order valence-corrected chi connectivity index (χ1v) is 14.6. The van der Waals surface area contributed by atoms with E-state index in [-0.39, 0.29) is 12.2 Å². The number of benzene rings is 1. The Kier molecular flexibility index (Phi) is 7.07. The number of thiophene rings is 1. The van der Waals surface area contributed by atoms with Crippen LogP contribution in [-0.2, 0) is 9.53 Å². The predicted octanol–water partition coefficient (Wildman–Crippen LogP) is 3.34. The summed E-state index contributed by atoms with van der Waals surface area (Å²) in [5, 5.41) is 1.94. The van der Waals surface area contributed by atoms with Crippen molar-refractivity contribution in [1.82, 2.24) is 9.47 Å². The number of ether oxygens (including phenoxy) is 1. The minimum atomic E-state index is -0.643. The maximum Gasteiger partial charge on any atom is 0.338 e. The highest BCUT2D eigenvalue weighted by atomic mass is 32.1. The van der Waals surface area contributed by atoms with Gasteiger partial charge in [0.05, 0.1) is 22.4 Å². The molecule has 0 N–H and O–H groups in total. The van der Waals surface area contributed by atoms with Gasteiger partial charge in [-0.15, -0.1) is 11.3 Å². The molecule has 0 radical (unpaired) electrons. The number of carbonyl (C=O) groups excluding carboxylic acids is 1. The molecule has 0 aliphatic carbocycles. The van der Waals surface area contributed by atoms with E-state index in [1.54, 1.807) is 17.6 Å². The molecule has 3 aromatic heterocycles. The van der Waals surface area contributed by atoms with E-state index in [1.807, 2.05) is 60.0 Å².